The SMILES string of the molecule is Cc1ccccc1N=C(c1cc(Cl)ccc1O)N1CCNCC1. The van der Waals surface area contributed by atoms with Crippen molar-refractivity contribution in [3.05, 3.63) is 58.6 Å². The monoisotopic (exact) mass is 329 g/mol. The minimum absolute atomic E-state index is 0.195. The van der Waals surface area contributed by atoms with E-state index in [9.17, 15) is 5.11 Å². The Morgan fingerprint density at radius 3 is 2.65 bits per heavy atom. The molecule has 1 saturated heterocycles. The topological polar surface area (TPSA) is 47.9 Å². The molecule has 5 heteroatoms. The Hall–Kier alpha value is -2.04. The number of aryl methyl sites for hydroxylation is 1. The highest BCUT2D eigenvalue weighted by Crippen LogP contribution is 2.27. The van der Waals surface area contributed by atoms with Crippen LogP contribution < -0.4 is 5.32 Å². The number of aromatic hydroxyl groups is 1. The highest BCUT2D eigenvalue weighted by Gasteiger charge is 2.20. The standard InChI is InChI=1S/C18H20ClN3O/c1-13-4-2-3-5-16(13)21-18(22-10-8-20-9-11-22)15-12-14(19)6-7-17(15)23/h2-7,12,20,23H,8-11H2,1H3. The third-order valence-corrected chi connectivity index (χ3v) is 4.19. The zero-order valence-corrected chi connectivity index (χ0v) is 13.8. The number of nitrogens with zero attached hydrogens (tertiary/aromatic N) is 2. The number of rotatable bonds is 2. The number of para-hydroxylation sites is 1. The fourth-order valence-corrected chi connectivity index (χ4v) is 2.84. The van der Waals surface area contributed by atoms with Crippen LogP contribution in [0.5, 0.6) is 5.75 Å². The van der Waals surface area contributed by atoms with Gasteiger partial charge in [-0.1, -0.05) is 29.8 Å². The maximum absolute atomic E-state index is 10.3. The van der Waals surface area contributed by atoms with Gasteiger partial charge in [0, 0.05) is 31.2 Å². The van der Waals surface area contributed by atoms with Gasteiger partial charge in [0.2, 0.25) is 0 Å². The van der Waals surface area contributed by atoms with Gasteiger partial charge in [-0.15, -0.1) is 0 Å². The van der Waals surface area contributed by atoms with E-state index in [4.69, 9.17) is 16.6 Å². The van der Waals surface area contributed by atoms with Gasteiger partial charge in [0.05, 0.1) is 11.3 Å². The van der Waals surface area contributed by atoms with Crippen molar-refractivity contribution in [2.75, 3.05) is 26.2 Å². The Morgan fingerprint density at radius 2 is 1.91 bits per heavy atom. The lowest BCUT2D eigenvalue weighted by molar-refractivity contribution is 0.356. The van der Waals surface area contributed by atoms with Gasteiger partial charge < -0.3 is 15.3 Å². The van der Waals surface area contributed by atoms with Crippen LogP contribution in [0, 0.1) is 6.92 Å². The average Bonchev–Trinajstić information content (AvgIpc) is 2.57. The second-order valence-electron chi connectivity index (χ2n) is 5.62. The first-order valence-electron chi connectivity index (χ1n) is 7.74. The number of piperazine rings is 1. The first-order valence-corrected chi connectivity index (χ1v) is 8.12. The lowest BCUT2D eigenvalue weighted by atomic mass is 10.1. The van der Waals surface area contributed by atoms with Crippen LogP contribution >= 0.6 is 11.6 Å². The second kappa shape index (κ2) is 7.02. The van der Waals surface area contributed by atoms with Crippen LogP contribution in [0.1, 0.15) is 11.1 Å². The summed E-state index contributed by atoms with van der Waals surface area (Å²) in [5.74, 6) is 0.959. The molecule has 0 aliphatic carbocycles. The first-order chi connectivity index (χ1) is 11.1. The summed E-state index contributed by atoms with van der Waals surface area (Å²) in [6.07, 6.45) is 0. The van der Waals surface area contributed by atoms with E-state index in [1.165, 1.54) is 0 Å². The van der Waals surface area contributed by atoms with E-state index in [1.807, 2.05) is 31.2 Å². The lowest BCUT2D eigenvalue weighted by Crippen LogP contribution is -2.46. The highest BCUT2D eigenvalue weighted by atomic mass is 35.5. The summed E-state index contributed by atoms with van der Waals surface area (Å²) >= 11 is 6.14. The number of phenols is 1. The molecular formula is C18H20ClN3O. The maximum atomic E-state index is 10.3. The second-order valence-corrected chi connectivity index (χ2v) is 6.06. The van der Waals surface area contributed by atoms with Gasteiger partial charge in [0.15, 0.2) is 0 Å². The number of halogens is 1. The molecule has 0 bridgehead atoms. The molecule has 2 aromatic rings. The van der Waals surface area contributed by atoms with Crippen LogP contribution in [-0.4, -0.2) is 42.0 Å². The highest BCUT2D eigenvalue weighted by molar-refractivity contribution is 6.31. The normalized spacial score (nSPS) is 15.7. The van der Waals surface area contributed by atoms with Gasteiger partial charge in [0.25, 0.3) is 0 Å². The van der Waals surface area contributed by atoms with E-state index < -0.39 is 0 Å². The summed E-state index contributed by atoms with van der Waals surface area (Å²) in [7, 11) is 0. The molecular weight excluding hydrogens is 310 g/mol. The molecule has 3 rings (SSSR count). The van der Waals surface area contributed by atoms with Crippen molar-refractivity contribution in [2.45, 2.75) is 6.92 Å². The van der Waals surface area contributed by atoms with E-state index in [1.54, 1.807) is 18.2 Å². The number of phenolic OH excluding ortho intramolecular Hbond substituents is 1. The van der Waals surface area contributed by atoms with Crippen LogP contribution in [0.3, 0.4) is 0 Å². The Kier molecular flexibility index (Phi) is 4.84. The number of amidine groups is 1. The molecule has 23 heavy (non-hydrogen) atoms. The molecule has 1 fully saturated rings. The average molecular weight is 330 g/mol. The quantitative estimate of drug-likeness (QED) is 0.656. The van der Waals surface area contributed by atoms with Crippen LogP contribution in [0.4, 0.5) is 5.69 Å². The van der Waals surface area contributed by atoms with E-state index >= 15 is 0 Å². The molecule has 2 aromatic carbocycles. The summed E-state index contributed by atoms with van der Waals surface area (Å²) in [5, 5.41) is 14.2. The van der Waals surface area contributed by atoms with Crippen molar-refractivity contribution >= 4 is 23.1 Å². The number of hydrogen-bond acceptors (Lipinski definition) is 3. The Morgan fingerprint density at radius 1 is 1.17 bits per heavy atom. The third-order valence-electron chi connectivity index (χ3n) is 3.96. The summed E-state index contributed by atoms with van der Waals surface area (Å²) in [6, 6.07) is 13.1. The zero-order chi connectivity index (χ0) is 16.2. The van der Waals surface area contributed by atoms with Crippen molar-refractivity contribution in [1.29, 1.82) is 0 Å². The Bertz CT molecular complexity index is 724. The largest absolute Gasteiger partial charge is 0.507 e. The van der Waals surface area contributed by atoms with E-state index in [0.717, 1.165) is 43.3 Å². The van der Waals surface area contributed by atoms with Crippen LogP contribution in [-0.2, 0) is 0 Å². The number of hydrogen-bond donors (Lipinski definition) is 2. The summed E-state index contributed by atoms with van der Waals surface area (Å²) < 4.78 is 0. The summed E-state index contributed by atoms with van der Waals surface area (Å²) in [6.45, 7) is 5.52. The van der Waals surface area contributed by atoms with Crippen molar-refractivity contribution in [2.24, 2.45) is 4.99 Å². The molecule has 0 spiro atoms. The van der Waals surface area contributed by atoms with Crippen molar-refractivity contribution in [1.82, 2.24) is 10.2 Å². The molecule has 0 atom stereocenters. The fraction of sp³-hybridized carbons (Fsp3) is 0.278. The number of aliphatic imine (C=N–C) groups is 1. The van der Waals surface area contributed by atoms with E-state index in [2.05, 4.69) is 10.2 Å². The van der Waals surface area contributed by atoms with Gasteiger partial charge in [-0.05, 0) is 36.8 Å². The van der Waals surface area contributed by atoms with Crippen LogP contribution in [0.2, 0.25) is 5.02 Å². The Balaban J connectivity index is 2.10. The molecule has 120 valence electrons. The van der Waals surface area contributed by atoms with E-state index in [0.29, 0.717) is 10.6 Å². The van der Waals surface area contributed by atoms with Crippen molar-refractivity contribution in [3.63, 3.8) is 0 Å². The predicted molar refractivity (Wildman–Crippen MR) is 94.9 cm³/mol. The minimum atomic E-state index is 0.195. The molecule has 0 unspecified atom stereocenters. The minimum Gasteiger partial charge on any atom is -0.507 e. The van der Waals surface area contributed by atoms with Gasteiger partial charge in [0.1, 0.15) is 11.6 Å². The smallest absolute Gasteiger partial charge is 0.140 e. The van der Waals surface area contributed by atoms with Gasteiger partial charge >= 0.3 is 0 Å². The third kappa shape index (κ3) is 3.66. The zero-order valence-electron chi connectivity index (χ0n) is 13.1. The van der Waals surface area contributed by atoms with E-state index in [-0.39, 0.29) is 5.75 Å². The number of benzene rings is 2. The molecule has 0 saturated carbocycles. The molecule has 1 aliphatic rings. The van der Waals surface area contributed by atoms with Gasteiger partial charge in [-0.2, -0.15) is 0 Å². The molecule has 0 amide bonds. The summed E-state index contributed by atoms with van der Waals surface area (Å²) in [4.78, 5) is 7.04. The molecule has 1 aliphatic heterocycles. The predicted octanol–water partition coefficient (Wildman–Crippen LogP) is 3.34. The van der Waals surface area contributed by atoms with Crippen LogP contribution in [0.15, 0.2) is 47.5 Å². The molecule has 1 heterocycles. The summed E-state index contributed by atoms with van der Waals surface area (Å²) in [5.41, 5.74) is 2.67. The molecule has 0 aromatic heterocycles. The molecule has 0 radical (unpaired) electrons. The Labute approximate surface area is 141 Å². The number of nitrogens with one attached hydrogen (secondary N) is 1. The first kappa shape index (κ1) is 15.8. The van der Waals surface area contributed by atoms with Crippen molar-refractivity contribution < 1.29 is 5.11 Å². The van der Waals surface area contributed by atoms with Gasteiger partial charge in [-0.3, -0.25) is 0 Å². The fourth-order valence-electron chi connectivity index (χ4n) is 2.67. The van der Waals surface area contributed by atoms with Crippen molar-refractivity contribution in [3.8, 4) is 5.75 Å². The van der Waals surface area contributed by atoms with Gasteiger partial charge in [-0.25, -0.2) is 4.99 Å². The maximum Gasteiger partial charge on any atom is 0.140 e. The van der Waals surface area contributed by atoms with Crippen LogP contribution in [0.25, 0.3) is 0 Å². The lowest BCUT2D eigenvalue weighted by Gasteiger charge is -2.31. The molecule has 4 nitrogen and oxygen atoms in total. The molecule has 2 N–H and O–H groups in total.